The van der Waals surface area contributed by atoms with E-state index in [0.29, 0.717) is 36.3 Å². The number of benzene rings is 2. The van der Waals surface area contributed by atoms with Crippen molar-refractivity contribution < 1.29 is 13.2 Å². The Labute approximate surface area is 153 Å². The molecule has 0 aliphatic carbocycles. The van der Waals surface area contributed by atoms with E-state index in [1.165, 1.54) is 5.56 Å². The first kappa shape index (κ1) is 17.0. The maximum absolute atomic E-state index is 13.3. The van der Waals surface area contributed by atoms with Gasteiger partial charge in [0.05, 0.1) is 11.5 Å². The van der Waals surface area contributed by atoms with Gasteiger partial charge in [-0.1, -0.05) is 24.3 Å². The first-order valence-electron chi connectivity index (χ1n) is 8.68. The van der Waals surface area contributed by atoms with Crippen molar-refractivity contribution in [2.75, 3.05) is 13.2 Å². The summed E-state index contributed by atoms with van der Waals surface area (Å²) in [6, 6.07) is 14.9. The van der Waals surface area contributed by atoms with Gasteiger partial charge >= 0.3 is 0 Å². The number of fused-ring (bicyclic) bond motifs is 2. The van der Waals surface area contributed by atoms with E-state index >= 15 is 0 Å². The maximum Gasteiger partial charge on any atom is 0.244 e. The van der Waals surface area contributed by atoms with Gasteiger partial charge in [-0.3, -0.25) is 4.98 Å². The quantitative estimate of drug-likeness (QED) is 0.708. The fourth-order valence-corrected chi connectivity index (χ4v) is 5.03. The summed E-state index contributed by atoms with van der Waals surface area (Å²) in [5.41, 5.74) is 2.86. The van der Waals surface area contributed by atoms with Crippen LogP contribution in [0, 0.1) is 0 Å². The van der Waals surface area contributed by atoms with Crippen LogP contribution in [-0.4, -0.2) is 30.9 Å². The number of aromatic nitrogens is 1. The van der Waals surface area contributed by atoms with E-state index < -0.39 is 10.0 Å². The van der Waals surface area contributed by atoms with Gasteiger partial charge < -0.3 is 4.74 Å². The van der Waals surface area contributed by atoms with Gasteiger partial charge in [0.2, 0.25) is 10.0 Å². The van der Waals surface area contributed by atoms with Crippen LogP contribution >= 0.6 is 0 Å². The Morgan fingerprint density at radius 1 is 1.08 bits per heavy atom. The van der Waals surface area contributed by atoms with Crippen LogP contribution < -0.4 is 4.74 Å². The van der Waals surface area contributed by atoms with E-state index in [4.69, 9.17) is 4.74 Å². The molecule has 26 heavy (non-hydrogen) atoms. The van der Waals surface area contributed by atoms with Crippen LogP contribution in [0.3, 0.4) is 0 Å². The third kappa shape index (κ3) is 2.85. The molecule has 0 radical (unpaired) electrons. The molecule has 3 aromatic rings. The molecule has 1 aromatic heterocycles. The lowest BCUT2D eigenvalue weighted by molar-refractivity contribution is 0.343. The molecule has 2 heterocycles. The summed E-state index contributed by atoms with van der Waals surface area (Å²) in [7, 11) is -3.63. The Hall–Kier alpha value is -2.44. The SMILES string of the molecule is CCOc1ccc(S(=O)(=O)N2CCc3ccccc3C2)c2cccnc12. The van der Waals surface area contributed by atoms with Gasteiger partial charge in [-0.15, -0.1) is 0 Å². The van der Waals surface area contributed by atoms with Crippen molar-refractivity contribution in [2.24, 2.45) is 0 Å². The Morgan fingerprint density at radius 2 is 1.88 bits per heavy atom. The molecule has 0 N–H and O–H groups in total. The fourth-order valence-electron chi connectivity index (χ4n) is 3.43. The lowest BCUT2D eigenvalue weighted by atomic mass is 10.0. The second-order valence-corrected chi connectivity index (χ2v) is 8.16. The first-order chi connectivity index (χ1) is 12.6. The number of hydrogen-bond acceptors (Lipinski definition) is 4. The van der Waals surface area contributed by atoms with Crippen LogP contribution in [0.5, 0.6) is 5.75 Å². The Bertz CT molecular complexity index is 1060. The topological polar surface area (TPSA) is 59.5 Å². The van der Waals surface area contributed by atoms with Crippen molar-refractivity contribution in [1.29, 1.82) is 0 Å². The lowest BCUT2D eigenvalue weighted by Crippen LogP contribution is -2.36. The lowest BCUT2D eigenvalue weighted by Gasteiger charge is -2.28. The molecule has 5 nitrogen and oxygen atoms in total. The highest BCUT2D eigenvalue weighted by molar-refractivity contribution is 7.89. The van der Waals surface area contributed by atoms with E-state index in [9.17, 15) is 8.42 Å². The van der Waals surface area contributed by atoms with Crippen LogP contribution in [0.2, 0.25) is 0 Å². The largest absolute Gasteiger partial charge is 0.492 e. The molecule has 0 saturated heterocycles. The minimum absolute atomic E-state index is 0.281. The summed E-state index contributed by atoms with van der Waals surface area (Å²) < 4.78 is 33.8. The van der Waals surface area contributed by atoms with E-state index in [2.05, 4.69) is 11.1 Å². The molecule has 0 atom stereocenters. The highest BCUT2D eigenvalue weighted by atomic mass is 32.2. The van der Waals surface area contributed by atoms with E-state index in [-0.39, 0.29) is 4.90 Å². The Morgan fingerprint density at radius 3 is 2.69 bits per heavy atom. The van der Waals surface area contributed by atoms with Crippen molar-refractivity contribution in [3.63, 3.8) is 0 Å². The summed E-state index contributed by atoms with van der Waals surface area (Å²) in [5, 5.41) is 0.595. The summed E-state index contributed by atoms with van der Waals surface area (Å²) in [5.74, 6) is 0.603. The van der Waals surface area contributed by atoms with Crippen molar-refractivity contribution in [3.05, 3.63) is 65.9 Å². The average Bonchev–Trinajstić information content (AvgIpc) is 2.68. The number of nitrogens with zero attached hydrogens (tertiary/aromatic N) is 2. The van der Waals surface area contributed by atoms with E-state index in [1.54, 1.807) is 34.8 Å². The predicted molar refractivity (Wildman–Crippen MR) is 101 cm³/mol. The van der Waals surface area contributed by atoms with Crippen molar-refractivity contribution in [2.45, 2.75) is 24.8 Å². The zero-order chi connectivity index (χ0) is 18.1. The van der Waals surface area contributed by atoms with Gasteiger partial charge in [0.15, 0.2) is 0 Å². The molecule has 6 heteroatoms. The minimum Gasteiger partial charge on any atom is -0.492 e. The average molecular weight is 368 g/mol. The number of ether oxygens (including phenoxy) is 1. The fraction of sp³-hybridized carbons (Fsp3) is 0.250. The number of rotatable bonds is 4. The molecule has 1 aliphatic heterocycles. The molecule has 134 valence electrons. The van der Waals surface area contributed by atoms with Gasteiger partial charge in [-0.2, -0.15) is 4.31 Å². The molecular weight excluding hydrogens is 348 g/mol. The monoisotopic (exact) mass is 368 g/mol. The molecule has 1 aliphatic rings. The van der Waals surface area contributed by atoms with Gasteiger partial charge in [0.25, 0.3) is 0 Å². The standard InChI is InChI=1S/C20H20N2O3S/c1-2-25-18-9-10-19(17-8-5-12-21-20(17)18)26(23,24)22-13-11-15-6-3-4-7-16(15)14-22/h3-10,12H,2,11,13-14H2,1H3. The number of pyridine rings is 1. The second-order valence-electron chi connectivity index (χ2n) is 6.25. The Kier molecular flexibility index (Phi) is 4.38. The van der Waals surface area contributed by atoms with Gasteiger partial charge in [-0.25, -0.2) is 8.42 Å². The number of hydrogen-bond donors (Lipinski definition) is 0. The Balaban J connectivity index is 1.79. The van der Waals surface area contributed by atoms with Crippen LogP contribution in [0.4, 0.5) is 0 Å². The van der Waals surface area contributed by atoms with Crippen molar-refractivity contribution in [1.82, 2.24) is 9.29 Å². The van der Waals surface area contributed by atoms with E-state index in [0.717, 1.165) is 12.0 Å². The molecule has 0 amide bonds. The molecule has 0 unspecified atom stereocenters. The van der Waals surface area contributed by atoms with Gasteiger partial charge in [0, 0.05) is 24.7 Å². The second kappa shape index (κ2) is 6.70. The van der Waals surface area contributed by atoms with Crippen molar-refractivity contribution >= 4 is 20.9 Å². The highest BCUT2D eigenvalue weighted by Gasteiger charge is 2.30. The smallest absolute Gasteiger partial charge is 0.244 e. The summed E-state index contributed by atoms with van der Waals surface area (Å²) in [4.78, 5) is 4.63. The third-order valence-electron chi connectivity index (χ3n) is 4.71. The van der Waals surface area contributed by atoms with Crippen LogP contribution in [0.15, 0.2) is 59.6 Å². The predicted octanol–water partition coefficient (Wildman–Crippen LogP) is 3.38. The third-order valence-corrected chi connectivity index (χ3v) is 6.61. The normalized spacial score (nSPS) is 15.0. The van der Waals surface area contributed by atoms with Crippen LogP contribution in [0.25, 0.3) is 10.9 Å². The molecule has 2 aromatic carbocycles. The number of sulfonamides is 1. The maximum atomic E-state index is 13.3. The first-order valence-corrected chi connectivity index (χ1v) is 10.1. The van der Waals surface area contributed by atoms with Crippen molar-refractivity contribution in [3.8, 4) is 5.75 Å². The molecule has 0 spiro atoms. The molecule has 4 rings (SSSR count). The summed E-state index contributed by atoms with van der Waals surface area (Å²) in [6.07, 6.45) is 2.38. The minimum atomic E-state index is -3.63. The van der Waals surface area contributed by atoms with E-state index in [1.807, 2.05) is 25.1 Å². The van der Waals surface area contributed by atoms with Crippen LogP contribution in [0.1, 0.15) is 18.1 Å². The molecular formula is C20H20N2O3S. The molecule has 0 saturated carbocycles. The van der Waals surface area contributed by atoms with Gasteiger partial charge in [0.1, 0.15) is 11.3 Å². The zero-order valence-electron chi connectivity index (χ0n) is 14.6. The van der Waals surface area contributed by atoms with Crippen LogP contribution in [-0.2, 0) is 23.0 Å². The zero-order valence-corrected chi connectivity index (χ0v) is 15.4. The molecule has 0 bridgehead atoms. The molecule has 0 fully saturated rings. The summed E-state index contributed by atoms with van der Waals surface area (Å²) in [6.45, 7) is 3.27. The highest BCUT2D eigenvalue weighted by Crippen LogP contribution is 2.33. The van der Waals surface area contributed by atoms with Gasteiger partial charge in [-0.05, 0) is 48.7 Å². The summed E-state index contributed by atoms with van der Waals surface area (Å²) >= 11 is 0.